The molecular weight excluding hydrogens is 526 g/mol. The average Bonchev–Trinajstić information content (AvgIpc) is 2.86. The first-order chi connectivity index (χ1) is 18.0. The number of amides is 2. The molecule has 0 aromatic heterocycles. The molecule has 0 saturated carbocycles. The van der Waals surface area contributed by atoms with Crippen LogP contribution in [0.5, 0.6) is 5.75 Å². The van der Waals surface area contributed by atoms with Crippen molar-refractivity contribution in [1.82, 2.24) is 10.2 Å². The quantitative estimate of drug-likeness (QED) is 0.332. The summed E-state index contributed by atoms with van der Waals surface area (Å²) in [6, 6.07) is 13.5. The van der Waals surface area contributed by atoms with Gasteiger partial charge in [-0.2, -0.15) is 0 Å². The molecule has 0 aliphatic heterocycles. The minimum Gasteiger partial charge on any atom is -0.492 e. The van der Waals surface area contributed by atoms with Crippen LogP contribution in [0.3, 0.4) is 0 Å². The molecule has 0 unspecified atom stereocenters. The van der Waals surface area contributed by atoms with Crippen LogP contribution in [0.15, 0.2) is 48.5 Å². The highest BCUT2D eigenvalue weighted by molar-refractivity contribution is 7.92. The first kappa shape index (κ1) is 31.4. The number of nitrogens with zero attached hydrogens (tertiary/aromatic N) is 2. The summed E-state index contributed by atoms with van der Waals surface area (Å²) in [7, 11) is -3.63. The number of halogens is 1. The summed E-state index contributed by atoms with van der Waals surface area (Å²) in [5.74, 6) is 0.263. The lowest BCUT2D eigenvalue weighted by atomic mass is 10.1. The van der Waals surface area contributed by atoms with Gasteiger partial charge in [0.15, 0.2) is 0 Å². The van der Waals surface area contributed by atoms with E-state index in [-0.39, 0.29) is 43.7 Å². The molecule has 2 aromatic rings. The van der Waals surface area contributed by atoms with Gasteiger partial charge in [0.25, 0.3) is 0 Å². The van der Waals surface area contributed by atoms with Crippen molar-refractivity contribution in [3.05, 3.63) is 59.1 Å². The molecule has 0 spiro atoms. The van der Waals surface area contributed by atoms with E-state index >= 15 is 0 Å². The van der Waals surface area contributed by atoms with Crippen molar-refractivity contribution in [3.63, 3.8) is 0 Å². The van der Waals surface area contributed by atoms with Gasteiger partial charge in [-0.15, -0.1) is 0 Å². The summed E-state index contributed by atoms with van der Waals surface area (Å²) in [6.45, 7) is 8.86. The maximum Gasteiger partial charge on any atom is 0.242 e. The number of carbonyl (C=O) groups excluding carboxylic acids is 2. The van der Waals surface area contributed by atoms with E-state index in [1.165, 1.54) is 4.31 Å². The lowest BCUT2D eigenvalue weighted by Crippen LogP contribution is -2.49. The van der Waals surface area contributed by atoms with Gasteiger partial charge in [-0.1, -0.05) is 62.7 Å². The minimum atomic E-state index is -3.63. The molecule has 2 rings (SSSR count). The topological polar surface area (TPSA) is 96.0 Å². The monoisotopic (exact) mass is 565 g/mol. The Morgan fingerprint density at radius 1 is 1.05 bits per heavy atom. The molecule has 8 nitrogen and oxygen atoms in total. The molecule has 0 bridgehead atoms. The van der Waals surface area contributed by atoms with Crippen LogP contribution in [-0.2, 0) is 26.2 Å². The summed E-state index contributed by atoms with van der Waals surface area (Å²) in [5.41, 5.74) is 1.16. The number of carbonyl (C=O) groups is 2. The highest BCUT2D eigenvalue weighted by Crippen LogP contribution is 2.30. The number of nitrogens with one attached hydrogen (secondary N) is 1. The smallest absolute Gasteiger partial charge is 0.242 e. The second-order valence-electron chi connectivity index (χ2n) is 9.52. The first-order valence-corrected chi connectivity index (χ1v) is 15.2. The van der Waals surface area contributed by atoms with Crippen LogP contribution >= 0.6 is 11.6 Å². The average molecular weight is 566 g/mol. The Labute approximate surface area is 232 Å². The molecule has 1 N–H and O–H groups in total. The van der Waals surface area contributed by atoms with Crippen LogP contribution < -0.4 is 14.4 Å². The fourth-order valence-corrected chi connectivity index (χ4v) is 5.24. The third kappa shape index (κ3) is 9.20. The summed E-state index contributed by atoms with van der Waals surface area (Å²) < 4.78 is 32.2. The third-order valence-corrected chi connectivity index (χ3v) is 7.50. The fourth-order valence-electron chi connectivity index (χ4n) is 4.08. The van der Waals surface area contributed by atoms with E-state index in [1.807, 2.05) is 45.9 Å². The van der Waals surface area contributed by atoms with E-state index < -0.39 is 16.1 Å². The number of para-hydroxylation sites is 2. The van der Waals surface area contributed by atoms with E-state index in [1.54, 1.807) is 35.2 Å². The molecule has 2 aromatic carbocycles. The van der Waals surface area contributed by atoms with Crippen molar-refractivity contribution >= 4 is 39.1 Å². The maximum absolute atomic E-state index is 13.5. The zero-order chi connectivity index (χ0) is 28.3. The van der Waals surface area contributed by atoms with E-state index in [2.05, 4.69) is 5.32 Å². The van der Waals surface area contributed by atoms with Crippen LogP contribution in [0, 0.1) is 5.92 Å². The molecule has 210 valence electrons. The molecule has 0 aliphatic carbocycles. The molecule has 1 atom stereocenters. The summed E-state index contributed by atoms with van der Waals surface area (Å²) >= 11 is 6.38. The van der Waals surface area contributed by atoms with Crippen LogP contribution in [0.2, 0.25) is 5.02 Å². The van der Waals surface area contributed by atoms with Gasteiger partial charge in [0.05, 0.1) is 18.6 Å². The second-order valence-corrected chi connectivity index (χ2v) is 11.8. The molecule has 2 amide bonds. The van der Waals surface area contributed by atoms with Crippen molar-refractivity contribution < 1.29 is 22.7 Å². The lowest BCUT2D eigenvalue weighted by Gasteiger charge is -2.31. The van der Waals surface area contributed by atoms with E-state index in [0.29, 0.717) is 36.0 Å². The zero-order valence-corrected chi connectivity index (χ0v) is 24.5. The van der Waals surface area contributed by atoms with Crippen molar-refractivity contribution in [3.8, 4) is 5.75 Å². The van der Waals surface area contributed by atoms with Gasteiger partial charge in [-0.05, 0) is 49.4 Å². The largest absolute Gasteiger partial charge is 0.492 e. The highest BCUT2D eigenvalue weighted by atomic mass is 35.5. The molecule has 0 saturated heterocycles. The number of benzene rings is 2. The Bertz CT molecular complexity index is 1170. The van der Waals surface area contributed by atoms with Crippen molar-refractivity contribution in [2.75, 3.05) is 30.3 Å². The normalized spacial score (nSPS) is 12.2. The Morgan fingerprint density at radius 3 is 2.32 bits per heavy atom. The van der Waals surface area contributed by atoms with Gasteiger partial charge < -0.3 is 15.0 Å². The van der Waals surface area contributed by atoms with E-state index in [4.69, 9.17) is 16.3 Å². The van der Waals surface area contributed by atoms with Crippen molar-refractivity contribution in [2.24, 2.45) is 5.92 Å². The summed E-state index contributed by atoms with van der Waals surface area (Å²) in [4.78, 5) is 28.2. The van der Waals surface area contributed by atoms with Crippen LogP contribution in [0.4, 0.5) is 5.69 Å². The Hall–Kier alpha value is -2.78. The summed E-state index contributed by atoms with van der Waals surface area (Å²) in [5, 5.41) is 3.45. The third-order valence-electron chi connectivity index (χ3n) is 5.95. The number of ether oxygens (including phenoxy) is 1. The number of anilines is 1. The Morgan fingerprint density at radius 2 is 1.71 bits per heavy atom. The van der Waals surface area contributed by atoms with Crippen molar-refractivity contribution in [1.29, 1.82) is 0 Å². The van der Waals surface area contributed by atoms with Crippen LogP contribution in [-0.4, -0.2) is 57.1 Å². The minimum absolute atomic E-state index is 0.0568. The second kappa shape index (κ2) is 15.0. The predicted molar refractivity (Wildman–Crippen MR) is 153 cm³/mol. The molecule has 10 heteroatoms. The van der Waals surface area contributed by atoms with Gasteiger partial charge in [0.2, 0.25) is 21.8 Å². The molecule has 0 aliphatic rings. The number of rotatable bonds is 15. The van der Waals surface area contributed by atoms with Gasteiger partial charge in [0.1, 0.15) is 11.8 Å². The number of hydrogen-bond acceptors (Lipinski definition) is 5. The highest BCUT2D eigenvalue weighted by Gasteiger charge is 2.29. The zero-order valence-electron chi connectivity index (χ0n) is 22.9. The molecular formula is C28H40ClN3O5S. The molecule has 0 heterocycles. The van der Waals surface area contributed by atoms with E-state index in [9.17, 15) is 18.0 Å². The maximum atomic E-state index is 13.5. The lowest BCUT2D eigenvalue weighted by molar-refractivity contribution is -0.141. The van der Waals surface area contributed by atoms with Gasteiger partial charge in [0, 0.05) is 31.1 Å². The van der Waals surface area contributed by atoms with Crippen molar-refractivity contribution in [2.45, 2.75) is 59.5 Å². The van der Waals surface area contributed by atoms with Crippen LogP contribution in [0.1, 0.15) is 52.5 Å². The van der Waals surface area contributed by atoms with E-state index in [0.717, 1.165) is 11.8 Å². The summed E-state index contributed by atoms with van der Waals surface area (Å²) in [6.07, 6.45) is 1.88. The fraction of sp³-hybridized carbons (Fsp3) is 0.500. The van der Waals surface area contributed by atoms with Gasteiger partial charge in [-0.25, -0.2) is 8.42 Å². The molecule has 0 radical (unpaired) electrons. The molecule has 0 fully saturated rings. The molecule has 38 heavy (non-hydrogen) atoms. The SMILES string of the molecule is CCOc1ccccc1N(CCCC(=O)N(Cc1ccccc1Cl)[C@@H](CC)C(=O)NCC(C)C)S(C)(=O)=O. The first-order valence-electron chi connectivity index (χ1n) is 13.0. The standard InChI is InChI=1S/C28H40ClN3O5S/c1-6-24(28(34)30-19-21(3)4)31(20-22-13-8-9-14-23(22)29)27(33)17-12-18-32(38(5,35)36)25-15-10-11-16-26(25)37-7-2/h8-11,13-16,21,24H,6-7,12,17-20H2,1-5H3,(H,30,34)/t24-/m0/s1. The van der Waals surface area contributed by atoms with Crippen LogP contribution in [0.25, 0.3) is 0 Å². The number of sulfonamides is 1. The Balaban J connectivity index is 2.26. The Kier molecular flexibility index (Phi) is 12.4. The van der Waals surface area contributed by atoms with Gasteiger partial charge >= 0.3 is 0 Å². The predicted octanol–water partition coefficient (Wildman–Crippen LogP) is 4.86. The van der Waals surface area contributed by atoms with Gasteiger partial charge in [-0.3, -0.25) is 13.9 Å². The number of hydrogen-bond donors (Lipinski definition) is 1.